The second kappa shape index (κ2) is 5.66. The number of para-hydroxylation sites is 1. The highest BCUT2D eigenvalue weighted by molar-refractivity contribution is 5.95. The summed E-state index contributed by atoms with van der Waals surface area (Å²) in [6, 6.07) is 21.7. The van der Waals surface area contributed by atoms with Crippen molar-refractivity contribution in [2.24, 2.45) is 0 Å². The molecule has 4 aromatic rings. The molecular weight excluding hydrogens is 300 g/mol. The van der Waals surface area contributed by atoms with E-state index in [2.05, 4.69) is 11.1 Å². The minimum Gasteiger partial charge on any atom is -0.478 e. The molecule has 0 aliphatic carbocycles. The van der Waals surface area contributed by atoms with E-state index in [-0.39, 0.29) is 5.56 Å². The number of hydrogen-bond acceptors (Lipinski definition) is 2. The molecule has 0 aliphatic heterocycles. The average molecular weight is 314 g/mol. The Morgan fingerprint density at radius 3 is 2.50 bits per heavy atom. The van der Waals surface area contributed by atoms with Gasteiger partial charge >= 0.3 is 5.97 Å². The maximum absolute atomic E-state index is 11.6. The highest BCUT2D eigenvalue weighted by Gasteiger charge is 2.17. The minimum atomic E-state index is -0.991. The standard InChI is InChI=1S/C20H14N2O2/c23-20(24)16-13-21-11-10-18(16)22-17-9-5-4-8-15(17)12-19(22)14-6-2-1-3-7-14/h1-13H,(H,23,24). The lowest BCUT2D eigenvalue weighted by Gasteiger charge is -2.13. The van der Waals surface area contributed by atoms with Crippen molar-refractivity contribution in [2.75, 3.05) is 0 Å². The third kappa shape index (κ3) is 2.25. The minimum absolute atomic E-state index is 0.177. The average Bonchev–Trinajstić information content (AvgIpc) is 3.02. The van der Waals surface area contributed by atoms with E-state index in [9.17, 15) is 9.90 Å². The molecule has 2 heterocycles. The lowest BCUT2D eigenvalue weighted by atomic mass is 10.1. The molecule has 0 spiro atoms. The number of carboxylic acids is 1. The van der Waals surface area contributed by atoms with Gasteiger partial charge in [0.2, 0.25) is 0 Å². The Morgan fingerprint density at radius 1 is 0.958 bits per heavy atom. The maximum atomic E-state index is 11.6. The van der Waals surface area contributed by atoms with E-state index in [1.807, 2.05) is 59.2 Å². The van der Waals surface area contributed by atoms with Crippen molar-refractivity contribution in [3.05, 3.63) is 84.7 Å². The monoisotopic (exact) mass is 314 g/mol. The van der Waals surface area contributed by atoms with Crippen molar-refractivity contribution in [2.45, 2.75) is 0 Å². The fraction of sp³-hybridized carbons (Fsp3) is 0. The molecule has 0 unspecified atom stereocenters. The topological polar surface area (TPSA) is 55.1 Å². The smallest absolute Gasteiger partial charge is 0.339 e. The lowest BCUT2D eigenvalue weighted by molar-refractivity contribution is 0.0696. The molecular formula is C20H14N2O2. The molecule has 0 aliphatic rings. The van der Waals surface area contributed by atoms with E-state index in [0.29, 0.717) is 5.69 Å². The zero-order chi connectivity index (χ0) is 16.5. The molecule has 0 fully saturated rings. The second-order valence-corrected chi connectivity index (χ2v) is 5.49. The molecule has 24 heavy (non-hydrogen) atoms. The van der Waals surface area contributed by atoms with Crippen LogP contribution in [-0.2, 0) is 0 Å². The van der Waals surface area contributed by atoms with Crippen LogP contribution in [0.2, 0.25) is 0 Å². The van der Waals surface area contributed by atoms with Gasteiger partial charge in [-0.2, -0.15) is 0 Å². The summed E-state index contributed by atoms with van der Waals surface area (Å²) in [5.41, 5.74) is 3.73. The van der Waals surface area contributed by atoms with Crippen molar-refractivity contribution in [3.8, 4) is 16.9 Å². The predicted octanol–water partition coefficient (Wildman–Crippen LogP) is 4.39. The largest absolute Gasteiger partial charge is 0.478 e. The predicted molar refractivity (Wildman–Crippen MR) is 93.5 cm³/mol. The molecule has 0 bridgehead atoms. The molecule has 0 saturated heterocycles. The van der Waals surface area contributed by atoms with Gasteiger partial charge in [-0.05, 0) is 23.8 Å². The molecule has 0 radical (unpaired) electrons. The molecule has 0 amide bonds. The summed E-state index contributed by atoms with van der Waals surface area (Å²) < 4.78 is 1.98. The summed E-state index contributed by atoms with van der Waals surface area (Å²) in [5.74, 6) is -0.991. The number of rotatable bonds is 3. The summed E-state index contributed by atoms with van der Waals surface area (Å²) in [7, 11) is 0. The Bertz CT molecular complexity index is 1040. The second-order valence-electron chi connectivity index (χ2n) is 5.49. The highest BCUT2D eigenvalue weighted by atomic mass is 16.4. The van der Waals surface area contributed by atoms with Crippen LogP contribution in [0.1, 0.15) is 10.4 Å². The Labute approximate surface area is 138 Å². The Kier molecular flexibility index (Phi) is 3.35. The van der Waals surface area contributed by atoms with Crippen molar-refractivity contribution in [1.29, 1.82) is 0 Å². The number of pyridine rings is 1. The normalized spacial score (nSPS) is 10.8. The number of carbonyl (C=O) groups is 1. The Balaban J connectivity index is 2.10. The number of nitrogens with zero attached hydrogens (tertiary/aromatic N) is 2. The van der Waals surface area contributed by atoms with Crippen LogP contribution in [0.15, 0.2) is 79.1 Å². The molecule has 4 nitrogen and oxygen atoms in total. The fourth-order valence-electron chi connectivity index (χ4n) is 2.98. The Hall–Kier alpha value is -3.40. The van der Waals surface area contributed by atoms with Gasteiger partial charge in [0, 0.05) is 17.8 Å². The number of fused-ring (bicyclic) bond motifs is 1. The van der Waals surface area contributed by atoms with Gasteiger partial charge in [0.15, 0.2) is 0 Å². The molecule has 1 N–H and O–H groups in total. The Morgan fingerprint density at radius 2 is 1.71 bits per heavy atom. The van der Waals surface area contributed by atoms with Crippen LogP contribution < -0.4 is 0 Å². The van der Waals surface area contributed by atoms with Gasteiger partial charge in [-0.25, -0.2) is 4.79 Å². The molecule has 4 rings (SSSR count). The quantitative estimate of drug-likeness (QED) is 0.610. The first kappa shape index (κ1) is 14.2. The summed E-state index contributed by atoms with van der Waals surface area (Å²) >= 11 is 0. The van der Waals surface area contributed by atoms with Gasteiger partial charge in [-0.3, -0.25) is 4.98 Å². The summed E-state index contributed by atoms with van der Waals surface area (Å²) in [5, 5.41) is 10.6. The summed E-state index contributed by atoms with van der Waals surface area (Å²) in [4.78, 5) is 15.6. The van der Waals surface area contributed by atoms with Crippen molar-refractivity contribution in [3.63, 3.8) is 0 Å². The van der Waals surface area contributed by atoms with E-state index in [1.54, 1.807) is 12.3 Å². The van der Waals surface area contributed by atoms with E-state index in [4.69, 9.17) is 0 Å². The third-order valence-electron chi connectivity index (χ3n) is 4.05. The van der Waals surface area contributed by atoms with E-state index >= 15 is 0 Å². The molecule has 116 valence electrons. The first-order valence-corrected chi connectivity index (χ1v) is 7.59. The van der Waals surface area contributed by atoms with Gasteiger partial charge in [0.25, 0.3) is 0 Å². The maximum Gasteiger partial charge on any atom is 0.339 e. The first-order valence-electron chi connectivity index (χ1n) is 7.59. The fourth-order valence-corrected chi connectivity index (χ4v) is 2.98. The number of benzene rings is 2. The molecule has 0 saturated carbocycles. The van der Waals surface area contributed by atoms with Crippen LogP contribution >= 0.6 is 0 Å². The third-order valence-corrected chi connectivity index (χ3v) is 4.05. The van der Waals surface area contributed by atoms with Crippen LogP contribution in [0.25, 0.3) is 27.8 Å². The lowest BCUT2D eigenvalue weighted by Crippen LogP contribution is -2.07. The van der Waals surface area contributed by atoms with Gasteiger partial charge in [0.1, 0.15) is 5.56 Å². The van der Waals surface area contributed by atoms with E-state index in [1.165, 1.54) is 6.20 Å². The zero-order valence-electron chi connectivity index (χ0n) is 12.8. The van der Waals surface area contributed by atoms with Gasteiger partial charge in [-0.15, -0.1) is 0 Å². The molecule has 2 aromatic carbocycles. The molecule has 4 heteroatoms. The van der Waals surface area contributed by atoms with Crippen LogP contribution in [0.5, 0.6) is 0 Å². The van der Waals surface area contributed by atoms with Crippen LogP contribution in [-0.4, -0.2) is 20.6 Å². The number of aromatic nitrogens is 2. The molecule has 0 atom stereocenters. The van der Waals surface area contributed by atoms with Crippen molar-refractivity contribution < 1.29 is 9.90 Å². The highest BCUT2D eigenvalue weighted by Crippen LogP contribution is 2.32. The first-order chi connectivity index (χ1) is 11.8. The van der Waals surface area contributed by atoms with Crippen molar-refractivity contribution >= 4 is 16.9 Å². The van der Waals surface area contributed by atoms with Crippen LogP contribution in [0, 0.1) is 0 Å². The van der Waals surface area contributed by atoms with Gasteiger partial charge in [-0.1, -0.05) is 48.5 Å². The number of carboxylic acid groups (broad SMARTS) is 1. The van der Waals surface area contributed by atoms with Gasteiger partial charge in [0.05, 0.1) is 16.9 Å². The number of hydrogen-bond donors (Lipinski definition) is 1. The van der Waals surface area contributed by atoms with Crippen LogP contribution in [0.4, 0.5) is 0 Å². The summed E-state index contributed by atoms with van der Waals surface area (Å²) in [6.45, 7) is 0. The molecule has 2 aromatic heterocycles. The SMILES string of the molecule is O=C(O)c1cnccc1-n1c(-c2ccccc2)cc2ccccc21. The van der Waals surface area contributed by atoms with E-state index in [0.717, 1.165) is 22.2 Å². The van der Waals surface area contributed by atoms with Crippen molar-refractivity contribution in [1.82, 2.24) is 9.55 Å². The summed E-state index contributed by atoms with van der Waals surface area (Å²) in [6.07, 6.45) is 3.01. The van der Waals surface area contributed by atoms with Gasteiger partial charge < -0.3 is 9.67 Å². The van der Waals surface area contributed by atoms with Crippen LogP contribution in [0.3, 0.4) is 0 Å². The number of aromatic carboxylic acids is 1. The van der Waals surface area contributed by atoms with E-state index < -0.39 is 5.97 Å². The zero-order valence-corrected chi connectivity index (χ0v) is 12.8.